The lowest BCUT2D eigenvalue weighted by Gasteiger charge is -2.27. The van der Waals surface area contributed by atoms with Crippen LogP contribution in [0.5, 0.6) is 0 Å². The van der Waals surface area contributed by atoms with E-state index in [-0.39, 0.29) is 0 Å². The molecule has 88 valence electrons. The van der Waals surface area contributed by atoms with E-state index >= 15 is 0 Å². The second-order valence-corrected chi connectivity index (χ2v) is 6.01. The fourth-order valence-electron chi connectivity index (χ4n) is 3.10. The highest BCUT2D eigenvalue weighted by molar-refractivity contribution is 4.83. The summed E-state index contributed by atoms with van der Waals surface area (Å²) in [6, 6.07) is 0.783. The SMILES string of the molecule is CC1CCCC(CCNC(C)C2CC2)C1. The second-order valence-electron chi connectivity index (χ2n) is 6.01. The van der Waals surface area contributed by atoms with Gasteiger partial charge in [-0.05, 0) is 56.9 Å². The highest BCUT2D eigenvalue weighted by Gasteiger charge is 2.27. The second kappa shape index (κ2) is 5.34. The summed E-state index contributed by atoms with van der Waals surface area (Å²) in [5, 5.41) is 3.71. The monoisotopic (exact) mass is 209 g/mol. The fraction of sp³-hybridized carbons (Fsp3) is 1.00. The van der Waals surface area contributed by atoms with Crippen molar-refractivity contribution in [3.05, 3.63) is 0 Å². The van der Waals surface area contributed by atoms with Gasteiger partial charge in [0.25, 0.3) is 0 Å². The largest absolute Gasteiger partial charge is 0.314 e. The zero-order valence-electron chi connectivity index (χ0n) is 10.5. The Labute approximate surface area is 95.0 Å². The first-order valence-corrected chi connectivity index (χ1v) is 6.99. The van der Waals surface area contributed by atoms with Crippen molar-refractivity contribution in [2.75, 3.05) is 6.54 Å². The fourth-order valence-corrected chi connectivity index (χ4v) is 3.10. The molecule has 0 aromatic rings. The Morgan fingerprint density at radius 1 is 1.20 bits per heavy atom. The van der Waals surface area contributed by atoms with Gasteiger partial charge in [-0.3, -0.25) is 0 Å². The van der Waals surface area contributed by atoms with Gasteiger partial charge in [-0.1, -0.05) is 26.2 Å². The molecule has 1 nitrogen and oxygen atoms in total. The van der Waals surface area contributed by atoms with E-state index in [0.717, 1.165) is 23.8 Å². The molecule has 3 unspecified atom stereocenters. The van der Waals surface area contributed by atoms with Crippen molar-refractivity contribution >= 4 is 0 Å². The maximum atomic E-state index is 3.71. The molecule has 1 heteroatoms. The van der Waals surface area contributed by atoms with E-state index in [1.807, 2.05) is 0 Å². The molecule has 0 amide bonds. The van der Waals surface area contributed by atoms with Crippen molar-refractivity contribution in [3.63, 3.8) is 0 Å². The Bertz CT molecular complexity index is 186. The summed E-state index contributed by atoms with van der Waals surface area (Å²) < 4.78 is 0. The van der Waals surface area contributed by atoms with Gasteiger partial charge < -0.3 is 5.32 Å². The van der Waals surface area contributed by atoms with Crippen molar-refractivity contribution < 1.29 is 0 Å². The van der Waals surface area contributed by atoms with Crippen LogP contribution in [0.4, 0.5) is 0 Å². The lowest BCUT2D eigenvalue weighted by atomic mass is 9.81. The van der Waals surface area contributed by atoms with E-state index in [1.54, 1.807) is 0 Å². The van der Waals surface area contributed by atoms with Crippen LogP contribution in [0.2, 0.25) is 0 Å². The zero-order valence-corrected chi connectivity index (χ0v) is 10.5. The molecule has 2 rings (SSSR count). The van der Waals surface area contributed by atoms with Crippen LogP contribution in [0.25, 0.3) is 0 Å². The summed E-state index contributed by atoms with van der Waals surface area (Å²) in [6.07, 6.45) is 10.3. The molecule has 0 aliphatic heterocycles. The van der Waals surface area contributed by atoms with Gasteiger partial charge in [0.05, 0.1) is 0 Å². The van der Waals surface area contributed by atoms with Crippen LogP contribution in [0.15, 0.2) is 0 Å². The molecular formula is C14H27N. The minimum atomic E-state index is 0.783. The van der Waals surface area contributed by atoms with Crippen LogP contribution in [0.1, 0.15) is 58.8 Å². The van der Waals surface area contributed by atoms with Gasteiger partial charge in [0.1, 0.15) is 0 Å². The molecule has 0 radical (unpaired) electrons. The molecule has 0 heterocycles. The Morgan fingerprint density at radius 3 is 2.67 bits per heavy atom. The molecular weight excluding hydrogens is 182 g/mol. The molecule has 2 fully saturated rings. The first-order valence-electron chi connectivity index (χ1n) is 6.99. The highest BCUT2D eigenvalue weighted by atomic mass is 14.9. The van der Waals surface area contributed by atoms with Crippen LogP contribution < -0.4 is 5.32 Å². The van der Waals surface area contributed by atoms with E-state index < -0.39 is 0 Å². The van der Waals surface area contributed by atoms with Gasteiger partial charge >= 0.3 is 0 Å². The third-order valence-electron chi connectivity index (χ3n) is 4.39. The predicted octanol–water partition coefficient (Wildman–Crippen LogP) is 3.59. The lowest BCUT2D eigenvalue weighted by Crippen LogP contribution is -2.30. The van der Waals surface area contributed by atoms with Gasteiger partial charge in [0, 0.05) is 6.04 Å². The minimum absolute atomic E-state index is 0.783. The van der Waals surface area contributed by atoms with E-state index in [0.29, 0.717) is 0 Å². The highest BCUT2D eigenvalue weighted by Crippen LogP contribution is 2.33. The van der Waals surface area contributed by atoms with Gasteiger partial charge in [-0.15, -0.1) is 0 Å². The molecule has 0 saturated heterocycles. The summed E-state index contributed by atoms with van der Waals surface area (Å²) in [4.78, 5) is 0. The topological polar surface area (TPSA) is 12.0 Å². The molecule has 15 heavy (non-hydrogen) atoms. The average molecular weight is 209 g/mol. The van der Waals surface area contributed by atoms with Crippen LogP contribution in [0, 0.1) is 17.8 Å². The van der Waals surface area contributed by atoms with E-state index in [1.165, 1.54) is 51.5 Å². The van der Waals surface area contributed by atoms with Gasteiger partial charge in [-0.2, -0.15) is 0 Å². The zero-order chi connectivity index (χ0) is 10.7. The van der Waals surface area contributed by atoms with E-state index in [4.69, 9.17) is 0 Å². The smallest absolute Gasteiger partial charge is 0.00670 e. The molecule has 2 aliphatic carbocycles. The number of nitrogens with one attached hydrogen (secondary N) is 1. The molecule has 0 spiro atoms. The lowest BCUT2D eigenvalue weighted by molar-refractivity contribution is 0.264. The predicted molar refractivity (Wildman–Crippen MR) is 65.9 cm³/mol. The normalized spacial score (nSPS) is 34.0. The first-order chi connectivity index (χ1) is 7.25. The molecule has 3 atom stereocenters. The molecule has 1 N–H and O–H groups in total. The third-order valence-corrected chi connectivity index (χ3v) is 4.39. The number of hydrogen-bond donors (Lipinski definition) is 1. The van der Waals surface area contributed by atoms with Gasteiger partial charge in [-0.25, -0.2) is 0 Å². The Kier molecular flexibility index (Phi) is 4.07. The van der Waals surface area contributed by atoms with Crippen LogP contribution >= 0.6 is 0 Å². The maximum absolute atomic E-state index is 3.71. The van der Waals surface area contributed by atoms with Crippen molar-refractivity contribution in [1.82, 2.24) is 5.32 Å². The Hall–Kier alpha value is -0.0400. The quantitative estimate of drug-likeness (QED) is 0.729. The molecule has 0 bridgehead atoms. The summed E-state index contributed by atoms with van der Waals surface area (Å²) in [7, 11) is 0. The summed E-state index contributed by atoms with van der Waals surface area (Å²) >= 11 is 0. The molecule has 2 saturated carbocycles. The first kappa shape index (κ1) is 11.4. The van der Waals surface area contributed by atoms with Gasteiger partial charge in [0.15, 0.2) is 0 Å². The van der Waals surface area contributed by atoms with Crippen LogP contribution in [-0.2, 0) is 0 Å². The number of rotatable bonds is 5. The minimum Gasteiger partial charge on any atom is -0.314 e. The van der Waals surface area contributed by atoms with E-state index in [2.05, 4.69) is 19.2 Å². The third kappa shape index (κ3) is 3.79. The van der Waals surface area contributed by atoms with Crippen LogP contribution in [0.3, 0.4) is 0 Å². The maximum Gasteiger partial charge on any atom is 0.00670 e. The molecule has 2 aliphatic rings. The standard InChI is InChI=1S/C14H27N/c1-11-4-3-5-13(10-11)8-9-15-12(2)14-6-7-14/h11-15H,3-10H2,1-2H3. The Morgan fingerprint density at radius 2 is 2.00 bits per heavy atom. The van der Waals surface area contributed by atoms with Gasteiger partial charge in [0.2, 0.25) is 0 Å². The summed E-state index contributed by atoms with van der Waals surface area (Å²) in [6.45, 7) is 6.04. The van der Waals surface area contributed by atoms with Crippen LogP contribution in [-0.4, -0.2) is 12.6 Å². The van der Waals surface area contributed by atoms with Crippen molar-refractivity contribution in [3.8, 4) is 0 Å². The Balaban J connectivity index is 1.56. The van der Waals surface area contributed by atoms with Crippen molar-refractivity contribution in [1.29, 1.82) is 0 Å². The summed E-state index contributed by atoms with van der Waals surface area (Å²) in [5.41, 5.74) is 0. The van der Waals surface area contributed by atoms with E-state index in [9.17, 15) is 0 Å². The average Bonchev–Trinajstić information content (AvgIpc) is 3.00. The molecule has 0 aromatic heterocycles. The summed E-state index contributed by atoms with van der Waals surface area (Å²) in [5.74, 6) is 3.02. The van der Waals surface area contributed by atoms with Crippen molar-refractivity contribution in [2.45, 2.75) is 64.8 Å². The number of hydrogen-bond acceptors (Lipinski definition) is 1. The molecule has 0 aromatic carbocycles. The van der Waals surface area contributed by atoms with Crippen molar-refractivity contribution in [2.24, 2.45) is 17.8 Å².